The molecule has 5 heteroatoms. The van der Waals surface area contributed by atoms with E-state index in [-0.39, 0.29) is 36.4 Å². The largest absolute Gasteiger partial charge is 0.373 e. The summed E-state index contributed by atoms with van der Waals surface area (Å²) in [4.78, 5) is 15.1. The van der Waals surface area contributed by atoms with E-state index in [1.165, 1.54) is 0 Å². The standard InChI is InChI=1S/C19H28N2O2.ClH/c1-14(20)15-9-11-21(12-10-15)19(22)17-8-5-13-23-18(17)16-6-3-2-4-7-16;/h2-4,6-7,14-15,17-18H,5,8-13,20H2,1H3;1H. The van der Waals surface area contributed by atoms with Gasteiger partial charge in [0.1, 0.15) is 0 Å². The molecule has 3 unspecified atom stereocenters. The molecule has 0 aliphatic carbocycles. The number of halogens is 1. The van der Waals surface area contributed by atoms with Crippen LogP contribution in [0.2, 0.25) is 0 Å². The van der Waals surface area contributed by atoms with Crippen LogP contribution in [0.1, 0.15) is 44.3 Å². The number of carbonyl (C=O) groups is 1. The number of rotatable bonds is 3. The van der Waals surface area contributed by atoms with Gasteiger partial charge in [-0.3, -0.25) is 4.79 Å². The zero-order chi connectivity index (χ0) is 16.2. The van der Waals surface area contributed by atoms with Crippen molar-refractivity contribution in [3.63, 3.8) is 0 Å². The molecule has 134 valence electrons. The lowest BCUT2D eigenvalue weighted by Gasteiger charge is -2.39. The lowest BCUT2D eigenvalue weighted by atomic mass is 9.86. The minimum Gasteiger partial charge on any atom is -0.373 e. The maximum Gasteiger partial charge on any atom is 0.228 e. The summed E-state index contributed by atoms with van der Waals surface area (Å²) >= 11 is 0. The number of carbonyl (C=O) groups excluding carboxylic acids is 1. The molecule has 0 bridgehead atoms. The van der Waals surface area contributed by atoms with Gasteiger partial charge in [0, 0.05) is 25.7 Å². The number of piperidine rings is 1. The molecule has 0 spiro atoms. The van der Waals surface area contributed by atoms with Crippen molar-refractivity contribution in [2.75, 3.05) is 19.7 Å². The second-order valence-corrected chi connectivity index (χ2v) is 6.97. The first-order chi connectivity index (χ1) is 11.2. The summed E-state index contributed by atoms with van der Waals surface area (Å²) in [5.74, 6) is 0.770. The number of likely N-dealkylation sites (tertiary alicyclic amines) is 1. The van der Waals surface area contributed by atoms with Crippen LogP contribution in [0.5, 0.6) is 0 Å². The number of ether oxygens (including phenoxy) is 1. The van der Waals surface area contributed by atoms with Crippen molar-refractivity contribution >= 4 is 18.3 Å². The molecule has 4 nitrogen and oxygen atoms in total. The van der Waals surface area contributed by atoms with Gasteiger partial charge in [0.15, 0.2) is 0 Å². The van der Waals surface area contributed by atoms with Crippen molar-refractivity contribution in [2.24, 2.45) is 17.6 Å². The Morgan fingerprint density at radius 2 is 1.88 bits per heavy atom. The minimum absolute atomic E-state index is 0. The van der Waals surface area contributed by atoms with Crippen LogP contribution in [0.3, 0.4) is 0 Å². The first kappa shape index (κ1) is 19.2. The molecular weight excluding hydrogens is 324 g/mol. The van der Waals surface area contributed by atoms with Crippen LogP contribution in [0.15, 0.2) is 30.3 Å². The van der Waals surface area contributed by atoms with Crippen molar-refractivity contribution in [1.82, 2.24) is 4.90 Å². The summed E-state index contributed by atoms with van der Waals surface area (Å²) in [6.45, 7) is 4.49. The summed E-state index contributed by atoms with van der Waals surface area (Å²) in [5.41, 5.74) is 7.13. The van der Waals surface area contributed by atoms with Crippen molar-refractivity contribution in [2.45, 2.75) is 44.8 Å². The van der Waals surface area contributed by atoms with Crippen molar-refractivity contribution in [3.05, 3.63) is 35.9 Å². The number of nitrogens with zero attached hydrogens (tertiary/aromatic N) is 1. The Morgan fingerprint density at radius 3 is 2.50 bits per heavy atom. The molecule has 2 aliphatic heterocycles. The highest BCUT2D eigenvalue weighted by atomic mass is 35.5. The highest BCUT2D eigenvalue weighted by Gasteiger charge is 2.36. The monoisotopic (exact) mass is 352 g/mol. The van der Waals surface area contributed by atoms with Crippen molar-refractivity contribution in [3.8, 4) is 0 Å². The predicted octanol–water partition coefficient (Wildman–Crippen LogP) is 3.16. The first-order valence-corrected chi connectivity index (χ1v) is 8.87. The molecule has 24 heavy (non-hydrogen) atoms. The quantitative estimate of drug-likeness (QED) is 0.909. The Morgan fingerprint density at radius 1 is 1.21 bits per heavy atom. The van der Waals surface area contributed by atoms with Crippen LogP contribution in [-0.4, -0.2) is 36.5 Å². The average molecular weight is 353 g/mol. The van der Waals surface area contributed by atoms with Gasteiger partial charge in [-0.05, 0) is 44.1 Å². The van der Waals surface area contributed by atoms with Crippen LogP contribution in [0.4, 0.5) is 0 Å². The zero-order valence-electron chi connectivity index (χ0n) is 14.4. The van der Waals surface area contributed by atoms with Gasteiger partial charge >= 0.3 is 0 Å². The molecule has 3 rings (SSSR count). The van der Waals surface area contributed by atoms with Gasteiger partial charge < -0.3 is 15.4 Å². The van der Waals surface area contributed by atoms with E-state index in [0.717, 1.165) is 50.9 Å². The number of amides is 1. The van der Waals surface area contributed by atoms with Crippen LogP contribution in [0, 0.1) is 11.8 Å². The number of nitrogens with two attached hydrogens (primary N) is 1. The van der Waals surface area contributed by atoms with E-state index in [1.54, 1.807) is 0 Å². The predicted molar refractivity (Wildman–Crippen MR) is 98.1 cm³/mol. The smallest absolute Gasteiger partial charge is 0.228 e. The van der Waals surface area contributed by atoms with E-state index in [4.69, 9.17) is 10.5 Å². The van der Waals surface area contributed by atoms with Crippen LogP contribution < -0.4 is 5.73 Å². The molecular formula is C19H29ClN2O2. The van der Waals surface area contributed by atoms with Gasteiger partial charge in [-0.25, -0.2) is 0 Å². The maximum atomic E-state index is 13.0. The topological polar surface area (TPSA) is 55.6 Å². The number of hydrogen-bond donors (Lipinski definition) is 1. The van der Waals surface area contributed by atoms with E-state index >= 15 is 0 Å². The van der Waals surface area contributed by atoms with Gasteiger partial charge in [-0.1, -0.05) is 30.3 Å². The molecule has 1 amide bonds. The molecule has 1 aromatic carbocycles. The summed E-state index contributed by atoms with van der Waals surface area (Å²) in [5, 5.41) is 0. The first-order valence-electron chi connectivity index (χ1n) is 8.87. The van der Waals surface area contributed by atoms with Crippen molar-refractivity contribution < 1.29 is 9.53 Å². The Kier molecular flexibility index (Phi) is 7.08. The summed E-state index contributed by atoms with van der Waals surface area (Å²) in [6.07, 6.45) is 3.84. The Bertz CT molecular complexity index is 515. The van der Waals surface area contributed by atoms with E-state index in [9.17, 15) is 4.79 Å². The van der Waals surface area contributed by atoms with Crippen LogP contribution in [-0.2, 0) is 9.53 Å². The van der Waals surface area contributed by atoms with Crippen molar-refractivity contribution in [1.29, 1.82) is 0 Å². The molecule has 2 heterocycles. The SMILES string of the molecule is CC(N)C1CCN(C(=O)C2CCCOC2c2ccccc2)CC1.Cl. The van der Waals surface area contributed by atoms with E-state index in [2.05, 4.69) is 19.1 Å². The third-order valence-electron chi connectivity index (χ3n) is 5.36. The van der Waals surface area contributed by atoms with Gasteiger partial charge in [-0.2, -0.15) is 0 Å². The normalized spacial score (nSPS) is 26.5. The lowest BCUT2D eigenvalue weighted by molar-refractivity contribution is -0.147. The summed E-state index contributed by atoms with van der Waals surface area (Å²) < 4.78 is 5.98. The molecule has 2 fully saturated rings. The van der Waals surface area contributed by atoms with Gasteiger partial charge in [0.05, 0.1) is 12.0 Å². The fourth-order valence-electron chi connectivity index (χ4n) is 3.89. The molecule has 0 radical (unpaired) electrons. The van der Waals surface area contributed by atoms with Crippen LogP contribution >= 0.6 is 12.4 Å². The second kappa shape index (κ2) is 8.84. The molecule has 2 saturated heterocycles. The average Bonchev–Trinajstić information content (AvgIpc) is 2.62. The van der Waals surface area contributed by atoms with E-state index in [0.29, 0.717) is 5.92 Å². The maximum absolute atomic E-state index is 13.0. The van der Waals surface area contributed by atoms with Gasteiger partial charge in [0.25, 0.3) is 0 Å². The summed E-state index contributed by atoms with van der Waals surface area (Å²) in [7, 11) is 0. The van der Waals surface area contributed by atoms with E-state index < -0.39 is 0 Å². The summed E-state index contributed by atoms with van der Waals surface area (Å²) in [6, 6.07) is 10.4. The molecule has 3 atom stereocenters. The molecule has 0 aromatic heterocycles. The second-order valence-electron chi connectivity index (χ2n) is 6.97. The molecule has 2 N–H and O–H groups in total. The number of hydrogen-bond acceptors (Lipinski definition) is 3. The Hall–Kier alpha value is -1.10. The molecule has 1 aromatic rings. The fourth-order valence-corrected chi connectivity index (χ4v) is 3.89. The molecule has 0 saturated carbocycles. The lowest BCUT2D eigenvalue weighted by Crippen LogP contribution is -2.46. The van der Waals surface area contributed by atoms with Gasteiger partial charge in [-0.15, -0.1) is 12.4 Å². The zero-order valence-corrected chi connectivity index (χ0v) is 15.2. The fraction of sp³-hybridized carbons (Fsp3) is 0.632. The minimum atomic E-state index is -0.0939. The third-order valence-corrected chi connectivity index (χ3v) is 5.36. The highest BCUT2D eigenvalue weighted by molar-refractivity contribution is 5.85. The highest BCUT2D eigenvalue weighted by Crippen LogP contribution is 2.35. The van der Waals surface area contributed by atoms with Gasteiger partial charge in [0.2, 0.25) is 5.91 Å². The Labute approximate surface area is 151 Å². The Balaban J connectivity index is 0.00000208. The van der Waals surface area contributed by atoms with E-state index in [1.807, 2.05) is 23.1 Å². The molecule has 2 aliphatic rings. The van der Waals surface area contributed by atoms with Crippen LogP contribution in [0.25, 0.3) is 0 Å². The third kappa shape index (κ3) is 4.29. The number of benzene rings is 1.